The van der Waals surface area contributed by atoms with E-state index in [1.165, 1.54) is 13.2 Å². The summed E-state index contributed by atoms with van der Waals surface area (Å²) in [7, 11) is 4.87. The van der Waals surface area contributed by atoms with E-state index in [0.717, 1.165) is 12.1 Å². The summed E-state index contributed by atoms with van der Waals surface area (Å²) in [4.78, 5) is 0. The van der Waals surface area contributed by atoms with Crippen molar-refractivity contribution in [3.05, 3.63) is 23.5 Å². The van der Waals surface area contributed by atoms with Gasteiger partial charge in [0.25, 0.3) is 0 Å². The average molecular weight is 213 g/mol. The van der Waals surface area contributed by atoms with Gasteiger partial charge in [-0.05, 0) is 32.1 Å². The fourth-order valence-electron chi connectivity index (χ4n) is 1.48. The Morgan fingerprint density at radius 2 is 2.00 bits per heavy atom. The fraction of sp³-hybridized carbons (Fsp3) is 0.455. The van der Waals surface area contributed by atoms with Gasteiger partial charge in [-0.2, -0.15) is 0 Å². The molecule has 0 heterocycles. The predicted octanol–water partition coefficient (Wildman–Crippen LogP) is 1.60. The topological polar surface area (TPSA) is 30.5 Å². The number of hydrogen-bond donors (Lipinski definition) is 1. The van der Waals surface area contributed by atoms with Crippen LogP contribution < -0.4 is 14.8 Å². The van der Waals surface area contributed by atoms with E-state index in [1.807, 2.05) is 7.05 Å². The van der Waals surface area contributed by atoms with Gasteiger partial charge in [0.1, 0.15) is 5.75 Å². The lowest BCUT2D eigenvalue weighted by molar-refractivity contribution is 0.365. The number of rotatable bonds is 5. The molecule has 0 aliphatic heterocycles. The number of benzene rings is 1. The Hall–Kier alpha value is -1.29. The zero-order valence-electron chi connectivity index (χ0n) is 9.26. The molecule has 0 fully saturated rings. The minimum Gasteiger partial charge on any atom is -0.496 e. The van der Waals surface area contributed by atoms with Crippen molar-refractivity contribution in [2.75, 3.05) is 27.8 Å². The number of ether oxygens (including phenoxy) is 2. The predicted molar refractivity (Wildman–Crippen MR) is 57.1 cm³/mol. The molecule has 1 aromatic rings. The molecule has 1 aromatic carbocycles. The summed E-state index contributed by atoms with van der Waals surface area (Å²) in [5.41, 5.74) is 0.759. The molecule has 0 unspecified atom stereocenters. The number of likely N-dealkylation sites (N-methyl/N-ethyl adjacent to an activating group) is 1. The van der Waals surface area contributed by atoms with Crippen LogP contribution in [0.3, 0.4) is 0 Å². The Kier molecular flexibility index (Phi) is 4.37. The van der Waals surface area contributed by atoms with Crippen molar-refractivity contribution in [1.82, 2.24) is 5.32 Å². The zero-order valence-corrected chi connectivity index (χ0v) is 9.26. The maximum atomic E-state index is 13.4. The lowest BCUT2D eigenvalue weighted by atomic mass is 10.1. The number of methoxy groups -OCH3 is 2. The molecule has 1 rings (SSSR count). The lowest BCUT2D eigenvalue weighted by Gasteiger charge is -2.13. The third-order valence-electron chi connectivity index (χ3n) is 2.22. The molecule has 15 heavy (non-hydrogen) atoms. The lowest BCUT2D eigenvalue weighted by Crippen LogP contribution is -2.12. The van der Waals surface area contributed by atoms with Crippen molar-refractivity contribution in [2.45, 2.75) is 6.42 Å². The molecule has 0 saturated heterocycles. The molecule has 4 heteroatoms. The van der Waals surface area contributed by atoms with Crippen LogP contribution in [0.5, 0.6) is 11.5 Å². The third-order valence-corrected chi connectivity index (χ3v) is 2.22. The molecule has 0 radical (unpaired) electrons. The van der Waals surface area contributed by atoms with E-state index in [1.54, 1.807) is 13.2 Å². The summed E-state index contributed by atoms with van der Waals surface area (Å²) in [6, 6.07) is 2.96. The second-order valence-electron chi connectivity index (χ2n) is 3.12. The van der Waals surface area contributed by atoms with Crippen LogP contribution in [0.2, 0.25) is 0 Å². The Morgan fingerprint density at radius 3 is 2.53 bits per heavy atom. The SMILES string of the molecule is CNCCc1c(OC)ccc(F)c1OC. The van der Waals surface area contributed by atoms with Crippen LogP contribution in [0.15, 0.2) is 12.1 Å². The Balaban J connectivity index is 3.09. The molecule has 84 valence electrons. The molecule has 0 spiro atoms. The van der Waals surface area contributed by atoms with Gasteiger partial charge in [-0.15, -0.1) is 0 Å². The van der Waals surface area contributed by atoms with Crippen LogP contribution in [0.4, 0.5) is 4.39 Å². The first-order chi connectivity index (χ1) is 7.24. The van der Waals surface area contributed by atoms with E-state index in [2.05, 4.69) is 5.32 Å². The van der Waals surface area contributed by atoms with Gasteiger partial charge in [-0.3, -0.25) is 0 Å². The van der Waals surface area contributed by atoms with Gasteiger partial charge in [-0.1, -0.05) is 0 Å². The quantitative estimate of drug-likeness (QED) is 0.806. The average Bonchev–Trinajstić information content (AvgIpc) is 2.26. The summed E-state index contributed by atoms with van der Waals surface area (Å²) in [6.45, 7) is 0.746. The minimum atomic E-state index is -0.357. The van der Waals surface area contributed by atoms with E-state index in [0.29, 0.717) is 12.2 Å². The van der Waals surface area contributed by atoms with Crippen molar-refractivity contribution in [2.24, 2.45) is 0 Å². The first kappa shape index (κ1) is 11.8. The summed E-state index contributed by atoms with van der Waals surface area (Å²) < 4.78 is 23.6. The number of halogens is 1. The van der Waals surface area contributed by atoms with Gasteiger partial charge in [-0.25, -0.2) is 4.39 Å². The first-order valence-corrected chi connectivity index (χ1v) is 4.78. The highest BCUT2D eigenvalue weighted by Crippen LogP contribution is 2.31. The summed E-state index contributed by atoms with van der Waals surface area (Å²) >= 11 is 0. The normalized spacial score (nSPS) is 10.1. The van der Waals surface area contributed by atoms with Gasteiger partial charge >= 0.3 is 0 Å². The first-order valence-electron chi connectivity index (χ1n) is 4.78. The highest BCUT2D eigenvalue weighted by Gasteiger charge is 2.14. The molecule has 0 aliphatic carbocycles. The maximum absolute atomic E-state index is 13.4. The van der Waals surface area contributed by atoms with E-state index in [4.69, 9.17) is 9.47 Å². The standard InChI is InChI=1S/C11H16FNO2/c1-13-7-6-8-10(14-2)5-4-9(12)11(8)15-3/h4-5,13H,6-7H2,1-3H3. The summed E-state index contributed by atoms with van der Waals surface area (Å²) in [5.74, 6) is 0.567. The zero-order chi connectivity index (χ0) is 11.3. The van der Waals surface area contributed by atoms with Crippen molar-refractivity contribution < 1.29 is 13.9 Å². The fourth-order valence-corrected chi connectivity index (χ4v) is 1.48. The third kappa shape index (κ3) is 2.59. The summed E-state index contributed by atoms with van der Waals surface area (Å²) in [5, 5.41) is 3.00. The monoisotopic (exact) mass is 213 g/mol. The van der Waals surface area contributed by atoms with Crippen molar-refractivity contribution in [3.8, 4) is 11.5 Å². The van der Waals surface area contributed by atoms with Crippen molar-refractivity contribution in [1.29, 1.82) is 0 Å². The molecule has 0 saturated carbocycles. The van der Waals surface area contributed by atoms with Crippen molar-refractivity contribution >= 4 is 0 Å². The van der Waals surface area contributed by atoms with Crippen molar-refractivity contribution in [3.63, 3.8) is 0 Å². The van der Waals surface area contributed by atoms with E-state index >= 15 is 0 Å². The van der Waals surface area contributed by atoms with Crippen LogP contribution in [-0.4, -0.2) is 27.8 Å². The van der Waals surface area contributed by atoms with Gasteiger partial charge in [0.2, 0.25) is 0 Å². The smallest absolute Gasteiger partial charge is 0.165 e. The Labute approximate surface area is 89.2 Å². The highest BCUT2D eigenvalue weighted by molar-refractivity contribution is 5.46. The molecule has 0 aliphatic rings. The highest BCUT2D eigenvalue weighted by atomic mass is 19.1. The van der Waals surface area contributed by atoms with Crippen LogP contribution >= 0.6 is 0 Å². The second kappa shape index (κ2) is 5.56. The Bertz CT molecular complexity index is 329. The molecule has 0 aromatic heterocycles. The van der Waals surface area contributed by atoms with Gasteiger partial charge in [0.05, 0.1) is 14.2 Å². The molecular weight excluding hydrogens is 197 g/mol. The molecular formula is C11H16FNO2. The van der Waals surface area contributed by atoms with Gasteiger partial charge in [0.15, 0.2) is 11.6 Å². The van der Waals surface area contributed by atoms with Crippen LogP contribution in [0.1, 0.15) is 5.56 Å². The van der Waals surface area contributed by atoms with Gasteiger partial charge < -0.3 is 14.8 Å². The molecule has 0 atom stereocenters. The largest absolute Gasteiger partial charge is 0.496 e. The van der Waals surface area contributed by atoms with Crippen LogP contribution in [-0.2, 0) is 6.42 Å². The van der Waals surface area contributed by atoms with Gasteiger partial charge in [0, 0.05) is 5.56 Å². The number of nitrogens with one attached hydrogen (secondary N) is 1. The Morgan fingerprint density at radius 1 is 1.27 bits per heavy atom. The maximum Gasteiger partial charge on any atom is 0.165 e. The van der Waals surface area contributed by atoms with Crippen LogP contribution in [0, 0.1) is 5.82 Å². The molecule has 1 N–H and O–H groups in total. The minimum absolute atomic E-state index is 0.268. The van der Waals surface area contributed by atoms with E-state index in [9.17, 15) is 4.39 Å². The second-order valence-corrected chi connectivity index (χ2v) is 3.12. The summed E-state index contributed by atoms with van der Waals surface area (Å²) in [6.07, 6.45) is 0.667. The van der Waals surface area contributed by atoms with E-state index in [-0.39, 0.29) is 11.6 Å². The molecule has 0 bridgehead atoms. The molecule has 3 nitrogen and oxygen atoms in total. The van der Waals surface area contributed by atoms with Crippen LogP contribution in [0.25, 0.3) is 0 Å². The molecule has 0 amide bonds. The van der Waals surface area contributed by atoms with E-state index < -0.39 is 0 Å². The number of hydrogen-bond acceptors (Lipinski definition) is 3.